The van der Waals surface area contributed by atoms with Crippen molar-refractivity contribution in [2.75, 3.05) is 0 Å². The first-order valence-electron chi connectivity index (χ1n) is 17.3. The summed E-state index contributed by atoms with van der Waals surface area (Å²) in [6.07, 6.45) is 0. The second-order valence-electron chi connectivity index (χ2n) is 13.4. The van der Waals surface area contributed by atoms with Crippen molar-refractivity contribution in [3.8, 4) is 33.5 Å². The normalized spacial score (nSPS) is 12.0. The van der Waals surface area contributed by atoms with E-state index in [0.29, 0.717) is 0 Å². The van der Waals surface area contributed by atoms with Crippen molar-refractivity contribution in [2.24, 2.45) is 0 Å². The quantitative estimate of drug-likeness (QED) is 0.177. The number of fused-ring (bicyclic) bond motifs is 8. The molecule has 0 amide bonds. The number of benzene rings is 10. The first-order chi connectivity index (χ1) is 24.8. The number of para-hydroxylation sites is 1. The molecule has 11 rings (SSSR count). The molecule has 0 unspecified atom stereocenters. The minimum Gasteiger partial charge on any atom is -0.247 e. The lowest BCUT2D eigenvalue weighted by Gasteiger charge is -2.17. The van der Waals surface area contributed by atoms with E-state index in [1.807, 2.05) is 0 Å². The third-order valence-electron chi connectivity index (χ3n) is 10.8. The van der Waals surface area contributed by atoms with Gasteiger partial charge in [0.05, 0.1) is 11.2 Å². The maximum absolute atomic E-state index is 5.42. The predicted octanol–water partition coefficient (Wildman–Crippen LogP) is 13.6. The van der Waals surface area contributed by atoms with Gasteiger partial charge in [0, 0.05) is 21.7 Å². The van der Waals surface area contributed by atoms with Gasteiger partial charge in [-0.3, -0.25) is 0 Å². The number of pyridine rings is 1. The van der Waals surface area contributed by atoms with Crippen LogP contribution in [0.3, 0.4) is 0 Å². The molecule has 1 nitrogen and oxygen atoms in total. The smallest absolute Gasteiger partial charge is 0.0794 e. The van der Waals surface area contributed by atoms with Crippen LogP contribution in [0.5, 0.6) is 0 Å². The van der Waals surface area contributed by atoms with Crippen LogP contribution in [0, 0.1) is 0 Å². The standard InChI is InChI=1S/C49H29N/c1-2-9-30(10-3-1)36-25-28-41-43(29-36)38-13-4-5-14-39(38)47-42-15-6-7-16-44(42)50-49(48(41)47)35-21-17-31(18-22-35)37-26-23-34-20-19-32-11-8-12-33-24-27-40(37)46(34)45(32)33/h1-29H. The summed E-state index contributed by atoms with van der Waals surface area (Å²) in [6.45, 7) is 0. The van der Waals surface area contributed by atoms with Crippen LogP contribution < -0.4 is 0 Å². The zero-order valence-electron chi connectivity index (χ0n) is 27.2. The van der Waals surface area contributed by atoms with E-state index in [2.05, 4.69) is 176 Å². The summed E-state index contributed by atoms with van der Waals surface area (Å²) in [5.74, 6) is 0. The lowest BCUT2D eigenvalue weighted by molar-refractivity contribution is 1.43. The molecule has 0 bridgehead atoms. The lowest BCUT2D eigenvalue weighted by atomic mass is 9.88. The van der Waals surface area contributed by atoms with Crippen LogP contribution >= 0.6 is 0 Å². The lowest BCUT2D eigenvalue weighted by Crippen LogP contribution is -1.93. The Morgan fingerprint density at radius 1 is 0.280 bits per heavy atom. The van der Waals surface area contributed by atoms with Gasteiger partial charge in [-0.15, -0.1) is 0 Å². The predicted molar refractivity (Wildman–Crippen MR) is 214 cm³/mol. The van der Waals surface area contributed by atoms with Gasteiger partial charge in [0.2, 0.25) is 0 Å². The second kappa shape index (κ2) is 10.5. The Morgan fingerprint density at radius 3 is 1.70 bits per heavy atom. The van der Waals surface area contributed by atoms with Gasteiger partial charge in [-0.05, 0) is 88.2 Å². The van der Waals surface area contributed by atoms with Gasteiger partial charge in [0.15, 0.2) is 0 Å². The Hall–Kier alpha value is -6.57. The molecular formula is C49H29N. The first-order valence-corrected chi connectivity index (χ1v) is 17.3. The molecule has 230 valence electrons. The fourth-order valence-corrected chi connectivity index (χ4v) is 8.49. The molecule has 0 saturated carbocycles. The monoisotopic (exact) mass is 631 g/mol. The van der Waals surface area contributed by atoms with Crippen LogP contribution in [0.15, 0.2) is 176 Å². The molecule has 0 spiro atoms. The van der Waals surface area contributed by atoms with Crippen LogP contribution in [-0.2, 0) is 0 Å². The molecule has 0 radical (unpaired) electrons. The Bertz CT molecular complexity index is 3100. The van der Waals surface area contributed by atoms with E-state index in [0.717, 1.165) is 16.8 Å². The summed E-state index contributed by atoms with van der Waals surface area (Å²) in [6, 6.07) is 64.4. The molecule has 0 atom stereocenters. The summed E-state index contributed by atoms with van der Waals surface area (Å²) < 4.78 is 0. The SMILES string of the molecule is c1ccc(-c2ccc3c(c2)c2ccccc2c2c4ccccc4nc(-c4ccc(-c5ccc6ccc7cccc8ccc5c6c78)cc4)c32)cc1. The Morgan fingerprint density at radius 2 is 0.880 bits per heavy atom. The van der Waals surface area contributed by atoms with Crippen molar-refractivity contribution in [2.45, 2.75) is 0 Å². The fraction of sp³-hybridized carbons (Fsp3) is 0. The second-order valence-corrected chi connectivity index (χ2v) is 13.4. The highest BCUT2D eigenvalue weighted by Gasteiger charge is 2.19. The molecule has 1 aromatic heterocycles. The van der Waals surface area contributed by atoms with Gasteiger partial charge in [0.1, 0.15) is 0 Å². The van der Waals surface area contributed by atoms with Crippen LogP contribution in [0.2, 0.25) is 0 Å². The topological polar surface area (TPSA) is 12.9 Å². The van der Waals surface area contributed by atoms with E-state index < -0.39 is 0 Å². The van der Waals surface area contributed by atoms with E-state index in [4.69, 9.17) is 4.98 Å². The molecule has 11 aromatic rings. The molecule has 0 fully saturated rings. The van der Waals surface area contributed by atoms with Gasteiger partial charge >= 0.3 is 0 Å². The molecule has 0 saturated heterocycles. The maximum atomic E-state index is 5.42. The molecule has 0 aliphatic rings. The molecule has 50 heavy (non-hydrogen) atoms. The molecule has 0 aliphatic heterocycles. The Kier molecular flexibility index (Phi) is 5.73. The molecule has 0 N–H and O–H groups in total. The van der Waals surface area contributed by atoms with Crippen molar-refractivity contribution < 1.29 is 0 Å². The van der Waals surface area contributed by atoms with Crippen LogP contribution in [0.4, 0.5) is 0 Å². The first kappa shape index (κ1) is 27.4. The number of hydrogen-bond donors (Lipinski definition) is 0. The minimum atomic E-state index is 1.01. The van der Waals surface area contributed by atoms with Crippen LogP contribution in [0.25, 0.3) is 109 Å². The van der Waals surface area contributed by atoms with E-state index in [-0.39, 0.29) is 0 Å². The van der Waals surface area contributed by atoms with Crippen molar-refractivity contribution in [1.29, 1.82) is 0 Å². The minimum absolute atomic E-state index is 1.01. The zero-order chi connectivity index (χ0) is 32.8. The zero-order valence-corrected chi connectivity index (χ0v) is 27.2. The van der Waals surface area contributed by atoms with Gasteiger partial charge in [-0.2, -0.15) is 0 Å². The van der Waals surface area contributed by atoms with Gasteiger partial charge < -0.3 is 0 Å². The highest BCUT2D eigenvalue weighted by atomic mass is 14.7. The Balaban J connectivity index is 1.17. The summed E-state index contributed by atoms with van der Waals surface area (Å²) in [5.41, 5.74) is 8.04. The third-order valence-corrected chi connectivity index (χ3v) is 10.8. The summed E-state index contributed by atoms with van der Waals surface area (Å²) in [7, 11) is 0. The van der Waals surface area contributed by atoms with Crippen LogP contribution in [-0.4, -0.2) is 4.98 Å². The number of nitrogens with zero attached hydrogens (tertiary/aromatic N) is 1. The maximum Gasteiger partial charge on any atom is 0.0794 e. The highest BCUT2D eigenvalue weighted by Crippen LogP contribution is 2.45. The van der Waals surface area contributed by atoms with E-state index >= 15 is 0 Å². The van der Waals surface area contributed by atoms with Crippen LogP contribution in [0.1, 0.15) is 0 Å². The average Bonchev–Trinajstić information content (AvgIpc) is 3.19. The largest absolute Gasteiger partial charge is 0.247 e. The van der Waals surface area contributed by atoms with Crippen molar-refractivity contribution >= 4 is 75.5 Å². The molecule has 0 aliphatic carbocycles. The fourth-order valence-electron chi connectivity index (χ4n) is 8.49. The number of aromatic nitrogens is 1. The molecule has 1 heteroatoms. The van der Waals surface area contributed by atoms with E-state index in [1.165, 1.54) is 92.3 Å². The summed E-state index contributed by atoms with van der Waals surface area (Å²) in [5, 5.41) is 16.5. The highest BCUT2D eigenvalue weighted by molar-refractivity contribution is 6.34. The van der Waals surface area contributed by atoms with Crippen molar-refractivity contribution in [3.63, 3.8) is 0 Å². The summed E-state index contributed by atoms with van der Waals surface area (Å²) >= 11 is 0. The number of rotatable bonds is 3. The third kappa shape index (κ3) is 3.92. The molecule has 1 heterocycles. The Labute approximate surface area is 289 Å². The molecule has 10 aromatic carbocycles. The van der Waals surface area contributed by atoms with Gasteiger partial charge in [-0.1, -0.05) is 164 Å². The van der Waals surface area contributed by atoms with E-state index in [9.17, 15) is 0 Å². The van der Waals surface area contributed by atoms with E-state index in [1.54, 1.807) is 0 Å². The van der Waals surface area contributed by atoms with Gasteiger partial charge in [-0.25, -0.2) is 4.98 Å². The summed E-state index contributed by atoms with van der Waals surface area (Å²) in [4.78, 5) is 5.42. The molecular weight excluding hydrogens is 603 g/mol. The number of hydrogen-bond acceptors (Lipinski definition) is 1. The van der Waals surface area contributed by atoms with Gasteiger partial charge in [0.25, 0.3) is 0 Å². The average molecular weight is 632 g/mol. The van der Waals surface area contributed by atoms with Crippen molar-refractivity contribution in [1.82, 2.24) is 4.98 Å². The van der Waals surface area contributed by atoms with Crippen molar-refractivity contribution in [3.05, 3.63) is 176 Å².